The van der Waals surface area contributed by atoms with Gasteiger partial charge in [-0.2, -0.15) is 5.26 Å². The Morgan fingerprint density at radius 3 is 2.11 bits per heavy atom. The minimum absolute atomic E-state index is 0.748. The Bertz CT molecular complexity index is 735. The molecule has 1 nitrogen and oxygen atoms in total. The summed E-state index contributed by atoms with van der Waals surface area (Å²) in [4.78, 5) is 1.88. The maximum absolute atomic E-state index is 8.94. The first-order valence-electron chi connectivity index (χ1n) is 6.03. The zero-order valence-electron chi connectivity index (χ0n) is 10.2. The van der Waals surface area contributed by atoms with Crippen LogP contribution in [0.25, 0.3) is 21.6 Å². The van der Waals surface area contributed by atoms with Gasteiger partial charge in [0, 0.05) is 4.88 Å². The summed E-state index contributed by atoms with van der Waals surface area (Å²) in [5.74, 6) is 0. The summed E-state index contributed by atoms with van der Waals surface area (Å²) in [6.07, 6.45) is 0. The summed E-state index contributed by atoms with van der Waals surface area (Å²) < 4.78 is 0. The number of benzene rings is 2. The minimum Gasteiger partial charge on any atom is -0.192 e. The molecule has 0 aliphatic rings. The van der Waals surface area contributed by atoms with Gasteiger partial charge in [0.05, 0.1) is 0 Å². The Kier molecular flexibility index (Phi) is 3.14. The van der Waals surface area contributed by atoms with E-state index in [-0.39, 0.29) is 0 Å². The molecule has 19 heavy (non-hydrogen) atoms. The average Bonchev–Trinajstić information content (AvgIpc) is 2.97. The molecule has 3 aromatic rings. The van der Waals surface area contributed by atoms with Crippen molar-refractivity contribution in [2.75, 3.05) is 0 Å². The Hall–Kier alpha value is -2.37. The molecule has 90 valence electrons. The number of hydrogen-bond donors (Lipinski definition) is 0. The molecule has 0 amide bonds. The van der Waals surface area contributed by atoms with Crippen molar-refractivity contribution < 1.29 is 0 Å². The summed E-state index contributed by atoms with van der Waals surface area (Å²) in [5.41, 5.74) is 3.58. The van der Waals surface area contributed by atoms with Crippen LogP contribution in [0.5, 0.6) is 0 Å². The van der Waals surface area contributed by atoms with Crippen molar-refractivity contribution in [2.24, 2.45) is 0 Å². The molecule has 2 aromatic carbocycles. The quantitative estimate of drug-likeness (QED) is 0.640. The van der Waals surface area contributed by atoms with Crippen LogP contribution >= 0.6 is 11.3 Å². The first-order valence-corrected chi connectivity index (χ1v) is 6.85. The second kappa shape index (κ2) is 5.09. The lowest BCUT2D eigenvalue weighted by Crippen LogP contribution is -1.81. The molecule has 0 saturated carbocycles. The van der Waals surface area contributed by atoms with E-state index in [9.17, 15) is 0 Å². The van der Waals surface area contributed by atoms with E-state index in [1.807, 2.05) is 42.5 Å². The molecule has 1 heterocycles. The SMILES string of the molecule is N#Cc1ccc(-c2ccccc2-c2ccccc2)s1. The van der Waals surface area contributed by atoms with Gasteiger partial charge >= 0.3 is 0 Å². The first kappa shape index (κ1) is 11.7. The molecule has 2 heteroatoms. The molecular formula is C17H11NS. The standard InChI is InChI=1S/C17H11NS/c18-12-14-10-11-17(19-14)16-9-5-4-8-15(16)13-6-2-1-3-7-13/h1-11H. The largest absolute Gasteiger partial charge is 0.192 e. The average molecular weight is 261 g/mol. The highest BCUT2D eigenvalue weighted by Crippen LogP contribution is 2.35. The number of nitriles is 1. The van der Waals surface area contributed by atoms with E-state index in [0.717, 1.165) is 9.75 Å². The number of nitrogens with zero attached hydrogens (tertiary/aromatic N) is 1. The fraction of sp³-hybridized carbons (Fsp3) is 0. The molecule has 0 saturated heterocycles. The Morgan fingerprint density at radius 2 is 1.42 bits per heavy atom. The van der Waals surface area contributed by atoms with E-state index in [1.165, 1.54) is 28.0 Å². The molecule has 0 unspecified atom stereocenters. The van der Waals surface area contributed by atoms with Gasteiger partial charge in [0.1, 0.15) is 10.9 Å². The molecule has 0 radical (unpaired) electrons. The summed E-state index contributed by atoms with van der Waals surface area (Å²) in [6, 6.07) is 24.7. The van der Waals surface area contributed by atoms with Crippen LogP contribution in [-0.2, 0) is 0 Å². The molecule has 0 fully saturated rings. The Labute approximate surface area is 116 Å². The van der Waals surface area contributed by atoms with Gasteiger partial charge in [-0.25, -0.2) is 0 Å². The van der Waals surface area contributed by atoms with E-state index in [4.69, 9.17) is 5.26 Å². The van der Waals surface area contributed by atoms with Gasteiger partial charge < -0.3 is 0 Å². The van der Waals surface area contributed by atoms with Crippen LogP contribution in [0.15, 0.2) is 66.7 Å². The van der Waals surface area contributed by atoms with Gasteiger partial charge in [-0.1, -0.05) is 54.6 Å². The Balaban J connectivity index is 2.15. The smallest absolute Gasteiger partial charge is 0.110 e. The summed E-state index contributed by atoms with van der Waals surface area (Å²) >= 11 is 1.53. The second-order valence-corrected chi connectivity index (χ2v) is 5.27. The molecule has 0 aliphatic heterocycles. The maximum Gasteiger partial charge on any atom is 0.110 e. The van der Waals surface area contributed by atoms with Crippen LogP contribution in [0.3, 0.4) is 0 Å². The lowest BCUT2D eigenvalue weighted by Gasteiger charge is -2.07. The highest BCUT2D eigenvalue weighted by atomic mass is 32.1. The van der Waals surface area contributed by atoms with Gasteiger partial charge in [-0.05, 0) is 28.8 Å². The van der Waals surface area contributed by atoms with Crippen molar-refractivity contribution in [1.29, 1.82) is 5.26 Å². The lowest BCUT2D eigenvalue weighted by atomic mass is 9.99. The van der Waals surface area contributed by atoms with Crippen LogP contribution in [0.2, 0.25) is 0 Å². The molecule has 0 N–H and O–H groups in total. The molecular weight excluding hydrogens is 250 g/mol. The zero-order valence-corrected chi connectivity index (χ0v) is 11.0. The number of rotatable bonds is 2. The molecule has 0 bridgehead atoms. The number of thiophene rings is 1. The fourth-order valence-electron chi connectivity index (χ4n) is 2.11. The normalized spacial score (nSPS) is 10.1. The van der Waals surface area contributed by atoms with Crippen molar-refractivity contribution in [2.45, 2.75) is 0 Å². The van der Waals surface area contributed by atoms with Crippen LogP contribution < -0.4 is 0 Å². The van der Waals surface area contributed by atoms with Gasteiger partial charge in [-0.3, -0.25) is 0 Å². The first-order chi connectivity index (χ1) is 9.38. The van der Waals surface area contributed by atoms with Crippen LogP contribution in [0.1, 0.15) is 4.88 Å². The van der Waals surface area contributed by atoms with Crippen LogP contribution in [0.4, 0.5) is 0 Å². The molecule has 1 aromatic heterocycles. The predicted molar refractivity (Wildman–Crippen MR) is 79.9 cm³/mol. The van der Waals surface area contributed by atoms with E-state index in [2.05, 4.69) is 30.3 Å². The maximum atomic E-state index is 8.94. The topological polar surface area (TPSA) is 23.8 Å². The van der Waals surface area contributed by atoms with Crippen molar-refractivity contribution >= 4 is 11.3 Å². The van der Waals surface area contributed by atoms with Crippen molar-refractivity contribution in [1.82, 2.24) is 0 Å². The van der Waals surface area contributed by atoms with Gasteiger partial charge in [-0.15, -0.1) is 11.3 Å². The molecule has 3 rings (SSSR count). The minimum atomic E-state index is 0.748. The predicted octanol–water partition coefficient (Wildman–Crippen LogP) is 4.95. The number of hydrogen-bond acceptors (Lipinski definition) is 2. The van der Waals surface area contributed by atoms with Crippen LogP contribution in [-0.4, -0.2) is 0 Å². The van der Waals surface area contributed by atoms with E-state index in [1.54, 1.807) is 0 Å². The lowest BCUT2D eigenvalue weighted by molar-refractivity contribution is 1.52. The Morgan fingerprint density at radius 1 is 0.737 bits per heavy atom. The van der Waals surface area contributed by atoms with Gasteiger partial charge in [0.25, 0.3) is 0 Å². The van der Waals surface area contributed by atoms with Gasteiger partial charge in [0.15, 0.2) is 0 Å². The zero-order chi connectivity index (χ0) is 13.1. The third-order valence-corrected chi connectivity index (χ3v) is 4.02. The van der Waals surface area contributed by atoms with E-state index in [0.29, 0.717) is 0 Å². The van der Waals surface area contributed by atoms with Crippen molar-refractivity contribution in [3.8, 4) is 27.6 Å². The third-order valence-electron chi connectivity index (χ3n) is 2.99. The van der Waals surface area contributed by atoms with Gasteiger partial charge in [0.2, 0.25) is 0 Å². The fourth-order valence-corrected chi connectivity index (χ4v) is 2.95. The molecule has 0 atom stereocenters. The monoisotopic (exact) mass is 261 g/mol. The summed E-state index contributed by atoms with van der Waals surface area (Å²) in [7, 11) is 0. The third kappa shape index (κ3) is 2.29. The van der Waals surface area contributed by atoms with Crippen LogP contribution in [0, 0.1) is 11.3 Å². The molecule has 0 spiro atoms. The van der Waals surface area contributed by atoms with Crippen molar-refractivity contribution in [3.05, 3.63) is 71.6 Å². The van der Waals surface area contributed by atoms with Crippen molar-refractivity contribution in [3.63, 3.8) is 0 Å². The van der Waals surface area contributed by atoms with E-state index >= 15 is 0 Å². The molecule has 0 aliphatic carbocycles. The highest BCUT2D eigenvalue weighted by Gasteiger charge is 2.08. The van der Waals surface area contributed by atoms with E-state index < -0.39 is 0 Å². The summed E-state index contributed by atoms with van der Waals surface area (Å²) in [5, 5.41) is 8.94. The second-order valence-electron chi connectivity index (χ2n) is 4.19. The highest BCUT2D eigenvalue weighted by molar-refractivity contribution is 7.16. The summed E-state index contributed by atoms with van der Waals surface area (Å²) in [6.45, 7) is 0.